The first-order chi connectivity index (χ1) is 8.50. The highest BCUT2D eigenvalue weighted by molar-refractivity contribution is 5.72. The second-order valence-electron chi connectivity index (χ2n) is 5.59. The predicted octanol–water partition coefficient (Wildman–Crippen LogP) is 2.31. The van der Waals surface area contributed by atoms with E-state index in [0.717, 1.165) is 19.4 Å². The third kappa shape index (κ3) is 3.40. The highest BCUT2D eigenvalue weighted by atomic mass is 19.3. The number of hydrogen-bond donors (Lipinski definition) is 0. The van der Waals surface area contributed by atoms with Crippen molar-refractivity contribution in [3.05, 3.63) is 0 Å². The molecular formula is C13H21F2NO2. The molecule has 2 unspecified atom stereocenters. The fourth-order valence-corrected chi connectivity index (χ4v) is 3.15. The summed E-state index contributed by atoms with van der Waals surface area (Å²) in [5.74, 6) is -2.65. The Bertz CT molecular complexity index is 309. The Labute approximate surface area is 106 Å². The molecule has 18 heavy (non-hydrogen) atoms. The van der Waals surface area contributed by atoms with E-state index in [1.807, 2.05) is 0 Å². The Hall–Kier alpha value is -0.710. The molecule has 0 aromatic carbocycles. The van der Waals surface area contributed by atoms with Crippen LogP contribution in [0.25, 0.3) is 0 Å². The normalized spacial score (nSPS) is 32.4. The van der Waals surface area contributed by atoms with Crippen LogP contribution in [0.1, 0.15) is 32.1 Å². The van der Waals surface area contributed by atoms with E-state index in [1.54, 1.807) is 0 Å². The maximum Gasteiger partial charge on any atom is 0.310 e. The lowest BCUT2D eigenvalue weighted by molar-refractivity contribution is -0.145. The minimum atomic E-state index is -2.48. The molecular weight excluding hydrogens is 240 g/mol. The van der Waals surface area contributed by atoms with Crippen molar-refractivity contribution in [1.82, 2.24) is 4.90 Å². The Morgan fingerprint density at radius 1 is 1.44 bits per heavy atom. The molecule has 5 heteroatoms. The second-order valence-corrected chi connectivity index (χ2v) is 5.59. The van der Waals surface area contributed by atoms with Crippen molar-refractivity contribution in [2.75, 3.05) is 26.7 Å². The Kier molecular flexibility index (Phi) is 4.20. The number of esters is 1. The summed E-state index contributed by atoms with van der Waals surface area (Å²) in [5, 5.41) is 0. The lowest BCUT2D eigenvalue weighted by Crippen LogP contribution is -2.35. The first kappa shape index (κ1) is 13.7. The minimum absolute atomic E-state index is 0.00634. The summed E-state index contributed by atoms with van der Waals surface area (Å²) in [6.07, 6.45) is 2.33. The SMILES string of the molecule is COC(=O)C1CCN(CC2CCCC(F)(F)C2)C1. The standard InChI is InChI=1S/C13H21F2NO2/c1-18-12(17)11-4-6-16(9-11)8-10-3-2-5-13(14,15)7-10/h10-11H,2-9H2,1H3. The fraction of sp³-hybridized carbons (Fsp3) is 0.923. The van der Waals surface area contributed by atoms with Crippen molar-refractivity contribution in [2.45, 2.75) is 38.0 Å². The largest absolute Gasteiger partial charge is 0.469 e. The van der Waals surface area contributed by atoms with Gasteiger partial charge < -0.3 is 9.64 Å². The number of ether oxygens (including phenoxy) is 1. The molecule has 1 saturated heterocycles. The van der Waals surface area contributed by atoms with E-state index in [2.05, 4.69) is 4.90 Å². The van der Waals surface area contributed by atoms with Crippen molar-refractivity contribution < 1.29 is 18.3 Å². The number of halogens is 2. The van der Waals surface area contributed by atoms with Crippen LogP contribution in [0.5, 0.6) is 0 Å². The number of carbonyl (C=O) groups is 1. The number of alkyl halides is 2. The van der Waals surface area contributed by atoms with Gasteiger partial charge in [-0.15, -0.1) is 0 Å². The molecule has 1 aliphatic carbocycles. The summed E-state index contributed by atoms with van der Waals surface area (Å²) in [4.78, 5) is 13.5. The van der Waals surface area contributed by atoms with E-state index in [9.17, 15) is 13.6 Å². The molecule has 2 aliphatic rings. The van der Waals surface area contributed by atoms with Gasteiger partial charge in [-0.2, -0.15) is 0 Å². The van der Waals surface area contributed by atoms with Crippen LogP contribution in [0.15, 0.2) is 0 Å². The van der Waals surface area contributed by atoms with Gasteiger partial charge in [0.05, 0.1) is 13.0 Å². The van der Waals surface area contributed by atoms with Crippen LogP contribution in [-0.4, -0.2) is 43.5 Å². The number of methoxy groups -OCH3 is 1. The minimum Gasteiger partial charge on any atom is -0.469 e. The molecule has 0 aromatic heterocycles. The van der Waals surface area contributed by atoms with Crippen molar-refractivity contribution in [3.63, 3.8) is 0 Å². The van der Waals surface area contributed by atoms with Crippen LogP contribution in [0.3, 0.4) is 0 Å². The second kappa shape index (κ2) is 5.51. The van der Waals surface area contributed by atoms with E-state index in [0.29, 0.717) is 19.5 Å². The molecule has 0 bridgehead atoms. The van der Waals surface area contributed by atoms with Crippen molar-refractivity contribution in [2.24, 2.45) is 11.8 Å². The monoisotopic (exact) mass is 261 g/mol. The molecule has 0 N–H and O–H groups in total. The molecule has 2 rings (SSSR count). The van der Waals surface area contributed by atoms with E-state index in [-0.39, 0.29) is 30.6 Å². The lowest BCUT2D eigenvalue weighted by atomic mass is 9.86. The lowest BCUT2D eigenvalue weighted by Gasteiger charge is -2.31. The molecule has 3 nitrogen and oxygen atoms in total. The molecule has 104 valence electrons. The smallest absolute Gasteiger partial charge is 0.310 e. The summed E-state index contributed by atoms with van der Waals surface area (Å²) in [7, 11) is 1.40. The van der Waals surface area contributed by atoms with Crippen molar-refractivity contribution in [1.29, 1.82) is 0 Å². The first-order valence-electron chi connectivity index (χ1n) is 6.68. The summed E-state index contributed by atoms with van der Waals surface area (Å²) in [6, 6.07) is 0. The van der Waals surface area contributed by atoms with Crippen LogP contribution in [-0.2, 0) is 9.53 Å². The molecule has 1 saturated carbocycles. The zero-order valence-electron chi connectivity index (χ0n) is 10.8. The van der Waals surface area contributed by atoms with Crippen molar-refractivity contribution in [3.8, 4) is 0 Å². The molecule has 0 amide bonds. The van der Waals surface area contributed by atoms with E-state index >= 15 is 0 Å². The van der Waals surface area contributed by atoms with Gasteiger partial charge in [-0.3, -0.25) is 4.79 Å². The molecule has 0 spiro atoms. The topological polar surface area (TPSA) is 29.5 Å². The van der Waals surface area contributed by atoms with Gasteiger partial charge in [0.15, 0.2) is 0 Å². The molecule has 1 heterocycles. The van der Waals surface area contributed by atoms with Gasteiger partial charge in [0.25, 0.3) is 0 Å². The third-order valence-corrected chi connectivity index (χ3v) is 4.07. The summed E-state index contributed by atoms with van der Waals surface area (Å²) < 4.78 is 31.3. The Morgan fingerprint density at radius 3 is 2.89 bits per heavy atom. The molecule has 2 fully saturated rings. The first-order valence-corrected chi connectivity index (χ1v) is 6.68. The van der Waals surface area contributed by atoms with Crippen molar-refractivity contribution >= 4 is 5.97 Å². The van der Waals surface area contributed by atoms with Gasteiger partial charge in [0, 0.05) is 25.9 Å². The number of rotatable bonds is 3. The zero-order chi connectivity index (χ0) is 13.2. The maximum absolute atomic E-state index is 13.3. The summed E-state index contributed by atoms with van der Waals surface area (Å²) in [5.41, 5.74) is 0. The number of nitrogens with zero attached hydrogens (tertiary/aromatic N) is 1. The van der Waals surface area contributed by atoms with E-state index < -0.39 is 5.92 Å². The number of hydrogen-bond acceptors (Lipinski definition) is 3. The Morgan fingerprint density at radius 2 is 2.22 bits per heavy atom. The Balaban J connectivity index is 1.79. The molecule has 0 aromatic rings. The van der Waals surface area contributed by atoms with Gasteiger partial charge in [0.1, 0.15) is 0 Å². The quantitative estimate of drug-likeness (QED) is 0.730. The van der Waals surface area contributed by atoms with Crippen LogP contribution in [0, 0.1) is 11.8 Å². The fourth-order valence-electron chi connectivity index (χ4n) is 3.15. The maximum atomic E-state index is 13.3. The summed E-state index contributed by atoms with van der Waals surface area (Å²) in [6.45, 7) is 2.18. The highest BCUT2D eigenvalue weighted by Gasteiger charge is 2.38. The average molecular weight is 261 g/mol. The van der Waals surface area contributed by atoms with Crippen LogP contribution in [0.4, 0.5) is 8.78 Å². The third-order valence-electron chi connectivity index (χ3n) is 4.07. The summed E-state index contributed by atoms with van der Waals surface area (Å²) >= 11 is 0. The molecule has 2 atom stereocenters. The van der Waals surface area contributed by atoms with E-state index in [4.69, 9.17) is 4.74 Å². The van der Waals surface area contributed by atoms with Crippen LogP contribution >= 0.6 is 0 Å². The van der Waals surface area contributed by atoms with Gasteiger partial charge in [0.2, 0.25) is 5.92 Å². The highest BCUT2D eigenvalue weighted by Crippen LogP contribution is 2.37. The average Bonchev–Trinajstić information content (AvgIpc) is 2.75. The zero-order valence-corrected chi connectivity index (χ0v) is 10.8. The van der Waals surface area contributed by atoms with Gasteiger partial charge in [-0.25, -0.2) is 8.78 Å². The van der Waals surface area contributed by atoms with Crippen LogP contribution < -0.4 is 0 Å². The number of carbonyl (C=O) groups excluding carboxylic acids is 1. The van der Waals surface area contributed by atoms with Gasteiger partial charge in [-0.05, 0) is 31.7 Å². The number of likely N-dealkylation sites (tertiary alicyclic amines) is 1. The predicted molar refractivity (Wildman–Crippen MR) is 63.5 cm³/mol. The molecule has 1 aliphatic heterocycles. The van der Waals surface area contributed by atoms with E-state index in [1.165, 1.54) is 7.11 Å². The van der Waals surface area contributed by atoms with Crippen LogP contribution in [0.2, 0.25) is 0 Å². The molecule has 0 radical (unpaired) electrons. The van der Waals surface area contributed by atoms with Gasteiger partial charge in [-0.1, -0.05) is 0 Å². The van der Waals surface area contributed by atoms with Gasteiger partial charge >= 0.3 is 5.97 Å².